The summed E-state index contributed by atoms with van der Waals surface area (Å²) in [6.45, 7) is 5.28. The number of nitrogens with zero attached hydrogens (tertiary/aromatic N) is 5. The number of rotatable bonds is 3. The minimum Gasteiger partial charge on any atom is -0.290 e. The summed E-state index contributed by atoms with van der Waals surface area (Å²) in [6.07, 6.45) is 9.31. The topological polar surface area (TPSA) is 48.0 Å². The number of aromatic nitrogens is 5. The van der Waals surface area contributed by atoms with Gasteiger partial charge in [-0.1, -0.05) is 13.8 Å². The van der Waals surface area contributed by atoms with Crippen LogP contribution in [0.25, 0.3) is 16.9 Å². The highest BCUT2D eigenvalue weighted by Gasteiger charge is 2.05. The van der Waals surface area contributed by atoms with Gasteiger partial charge in [0.1, 0.15) is 12.0 Å². The Balaban J connectivity index is 1.95. The minimum absolute atomic E-state index is 0.584. The molecule has 92 valence electrons. The fourth-order valence-electron chi connectivity index (χ4n) is 1.95. The van der Waals surface area contributed by atoms with Gasteiger partial charge in [-0.3, -0.25) is 9.08 Å². The van der Waals surface area contributed by atoms with Crippen molar-refractivity contribution in [2.24, 2.45) is 5.92 Å². The highest BCUT2D eigenvalue weighted by Crippen LogP contribution is 2.17. The highest BCUT2D eigenvalue weighted by molar-refractivity contribution is 5.61. The van der Waals surface area contributed by atoms with Crippen LogP contribution in [0.2, 0.25) is 0 Å². The van der Waals surface area contributed by atoms with E-state index in [9.17, 15) is 0 Å². The van der Waals surface area contributed by atoms with E-state index in [-0.39, 0.29) is 0 Å². The van der Waals surface area contributed by atoms with Crippen LogP contribution >= 0.6 is 0 Å². The van der Waals surface area contributed by atoms with Crippen molar-refractivity contribution in [3.8, 4) is 11.3 Å². The van der Waals surface area contributed by atoms with E-state index in [1.54, 1.807) is 12.5 Å². The summed E-state index contributed by atoms with van der Waals surface area (Å²) >= 11 is 0. The van der Waals surface area contributed by atoms with Crippen molar-refractivity contribution >= 4 is 5.65 Å². The first-order valence-electron chi connectivity index (χ1n) is 6.04. The van der Waals surface area contributed by atoms with Crippen molar-refractivity contribution in [3.63, 3.8) is 0 Å². The Bertz CT molecular complexity index is 665. The van der Waals surface area contributed by atoms with Gasteiger partial charge in [0.05, 0.1) is 11.9 Å². The molecule has 0 atom stereocenters. The lowest BCUT2D eigenvalue weighted by molar-refractivity contribution is 0.483. The lowest BCUT2D eigenvalue weighted by atomic mass is 10.2. The Morgan fingerprint density at radius 2 is 2.17 bits per heavy atom. The first kappa shape index (κ1) is 11.0. The monoisotopic (exact) mass is 241 g/mol. The van der Waals surface area contributed by atoms with Crippen LogP contribution in [-0.4, -0.2) is 24.1 Å². The van der Waals surface area contributed by atoms with Gasteiger partial charge in [-0.25, -0.2) is 9.97 Å². The molecule has 5 heteroatoms. The van der Waals surface area contributed by atoms with Gasteiger partial charge in [0.25, 0.3) is 0 Å². The number of fused-ring (bicyclic) bond motifs is 1. The Hall–Kier alpha value is -2.17. The molecule has 0 aromatic carbocycles. The van der Waals surface area contributed by atoms with E-state index in [1.807, 2.05) is 33.7 Å². The molecule has 0 aliphatic rings. The summed E-state index contributed by atoms with van der Waals surface area (Å²) in [7, 11) is 0. The molecule has 0 aliphatic heterocycles. The Kier molecular flexibility index (Phi) is 2.59. The van der Waals surface area contributed by atoms with Crippen molar-refractivity contribution in [2.45, 2.75) is 20.4 Å². The van der Waals surface area contributed by atoms with Gasteiger partial charge in [0.2, 0.25) is 0 Å². The van der Waals surface area contributed by atoms with E-state index in [1.165, 1.54) is 0 Å². The maximum absolute atomic E-state index is 4.41. The molecule has 0 amide bonds. The molecule has 0 saturated heterocycles. The molecule has 0 spiro atoms. The van der Waals surface area contributed by atoms with Gasteiger partial charge in [-0.05, 0) is 5.92 Å². The van der Waals surface area contributed by atoms with Crippen molar-refractivity contribution in [1.82, 2.24) is 24.1 Å². The fourth-order valence-corrected chi connectivity index (χ4v) is 1.95. The van der Waals surface area contributed by atoms with Gasteiger partial charge in [0, 0.05) is 36.8 Å². The molecular weight excluding hydrogens is 226 g/mol. The van der Waals surface area contributed by atoms with Crippen LogP contribution in [0.3, 0.4) is 0 Å². The van der Waals surface area contributed by atoms with E-state index in [4.69, 9.17) is 0 Å². The van der Waals surface area contributed by atoms with Crippen LogP contribution in [0.15, 0.2) is 37.2 Å². The van der Waals surface area contributed by atoms with E-state index < -0.39 is 0 Å². The van der Waals surface area contributed by atoms with Crippen LogP contribution in [0.5, 0.6) is 0 Å². The van der Waals surface area contributed by atoms with Gasteiger partial charge in [-0.2, -0.15) is 5.10 Å². The van der Waals surface area contributed by atoms with E-state index >= 15 is 0 Å². The van der Waals surface area contributed by atoms with Gasteiger partial charge in [-0.15, -0.1) is 0 Å². The zero-order valence-electron chi connectivity index (χ0n) is 10.5. The van der Waals surface area contributed by atoms with Crippen molar-refractivity contribution in [1.29, 1.82) is 0 Å². The molecule has 0 aliphatic carbocycles. The molecule has 5 nitrogen and oxygen atoms in total. The summed E-state index contributed by atoms with van der Waals surface area (Å²) in [6, 6.07) is 1.97. The normalized spacial score (nSPS) is 11.5. The van der Waals surface area contributed by atoms with Crippen LogP contribution in [0, 0.1) is 5.92 Å². The molecule has 0 saturated carbocycles. The molecule has 0 fully saturated rings. The SMILES string of the molecule is CC(C)Cn1cc(-c2cc3nccn3cn2)cn1. The predicted octanol–water partition coefficient (Wildman–Crippen LogP) is 2.25. The molecule has 3 heterocycles. The third kappa shape index (κ3) is 1.99. The predicted molar refractivity (Wildman–Crippen MR) is 69.0 cm³/mol. The molecule has 3 aromatic heterocycles. The first-order chi connectivity index (χ1) is 8.72. The first-order valence-corrected chi connectivity index (χ1v) is 6.04. The van der Waals surface area contributed by atoms with Crippen molar-refractivity contribution in [3.05, 3.63) is 37.2 Å². The Morgan fingerprint density at radius 1 is 1.28 bits per heavy atom. The average Bonchev–Trinajstić information content (AvgIpc) is 2.95. The second-order valence-electron chi connectivity index (χ2n) is 4.81. The lowest BCUT2D eigenvalue weighted by Gasteiger charge is -2.03. The Morgan fingerprint density at radius 3 is 3.00 bits per heavy atom. The largest absolute Gasteiger partial charge is 0.290 e. The van der Waals surface area contributed by atoms with E-state index in [0.717, 1.165) is 23.4 Å². The molecule has 0 unspecified atom stereocenters. The molecule has 3 rings (SSSR count). The van der Waals surface area contributed by atoms with Crippen LogP contribution in [0.1, 0.15) is 13.8 Å². The molecule has 18 heavy (non-hydrogen) atoms. The zero-order chi connectivity index (χ0) is 12.5. The van der Waals surface area contributed by atoms with Crippen molar-refractivity contribution in [2.75, 3.05) is 0 Å². The summed E-state index contributed by atoms with van der Waals surface area (Å²) in [5.41, 5.74) is 2.83. The third-order valence-electron chi connectivity index (χ3n) is 2.77. The van der Waals surface area contributed by atoms with E-state index in [0.29, 0.717) is 5.92 Å². The molecule has 0 N–H and O–H groups in total. The van der Waals surface area contributed by atoms with Crippen LogP contribution < -0.4 is 0 Å². The quantitative estimate of drug-likeness (QED) is 0.706. The summed E-state index contributed by atoms with van der Waals surface area (Å²) in [5.74, 6) is 0.584. The molecular formula is C13H15N5. The highest BCUT2D eigenvalue weighted by atomic mass is 15.3. The molecule has 0 bridgehead atoms. The summed E-state index contributed by atoms with van der Waals surface area (Å²) in [4.78, 5) is 8.67. The standard InChI is InChI=1S/C13H15N5/c1-10(2)7-18-8-11(6-16-18)12-5-13-14-3-4-17(13)9-15-12/h3-6,8-10H,7H2,1-2H3. The van der Waals surface area contributed by atoms with E-state index in [2.05, 4.69) is 28.9 Å². The number of imidazole rings is 1. The number of hydrogen-bond acceptors (Lipinski definition) is 3. The summed E-state index contributed by atoms with van der Waals surface area (Å²) < 4.78 is 3.85. The number of hydrogen-bond donors (Lipinski definition) is 0. The molecule has 0 radical (unpaired) electrons. The molecule has 3 aromatic rings. The average molecular weight is 241 g/mol. The maximum Gasteiger partial charge on any atom is 0.140 e. The van der Waals surface area contributed by atoms with Gasteiger partial charge >= 0.3 is 0 Å². The van der Waals surface area contributed by atoms with Crippen LogP contribution in [0.4, 0.5) is 0 Å². The summed E-state index contributed by atoms with van der Waals surface area (Å²) in [5, 5.41) is 4.35. The zero-order valence-corrected chi connectivity index (χ0v) is 10.5. The van der Waals surface area contributed by atoms with Crippen molar-refractivity contribution < 1.29 is 0 Å². The van der Waals surface area contributed by atoms with Gasteiger partial charge in [0.15, 0.2) is 0 Å². The van der Waals surface area contributed by atoms with Gasteiger partial charge < -0.3 is 0 Å². The second-order valence-corrected chi connectivity index (χ2v) is 4.81. The third-order valence-corrected chi connectivity index (χ3v) is 2.77. The Labute approximate surface area is 105 Å². The minimum atomic E-state index is 0.584. The smallest absolute Gasteiger partial charge is 0.140 e. The lowest BCUT2D eigenvalue weighted by Crippen LogP contribution is -2.04. The van der Waals surface area contributed by atoms with Crippen LogP contribution in [-0.2, 0) is 6.54 Å². The second kappa shape index (κ2) is 4.25. The fraction of sp³-hybridized carbons (Fsp3) is 0.308. The maximum atomic E-state index is 4.41.